The van der Waals surface area contributed by atoms with Gasteiger partial charge in [0.05, 0.1) is 0 Å². The number of hydrogen-bond acceptors (Lipinski definition) is 4. The maximum atomic E-state index is 12.6. The van der Waals surface area contributed by atoms with Gasteiger partial charge < -0.3 is 19.2 Å². The number of nitrogens with zero attached hydrogens (tertiary/aromatic N) is 1. The Balaban J connectivity index is 2.12. The molecule has 0 saturated heterocycles. The van der Waals surface area contributed by atoms with E-state index >= 15 is 0 Å². The molecule has 0 bridgehead atoms. The number of carboxylic acid groups (broad SMARTS) is 1. The van der Waals surface area contributed by atoms with Gasteiger partial charge in [-0.05, 0) is 42.3 Å². The molecule has 24 heavy (non-hydrogen) atoms. The first-order valence-corrected chi connectivity index (χ1v) is 7.80. The molecule has 0 aliphatic carbocycles. The fourth-order valence-corrected chi connectivity index (χ4v) is 2.36. The normalized spacial score (nSPS) is 10.5. The third kappa shape index (κ3) is 3.95. The van der Waals surface area contributed by atoms with Gasteiger partial charge in [-0.3, -0.25) is 4.79 Å². The van der Waals surface area contributed by atoms with E-state index in [2.05, 4.69) is 0 Å². The molecule has 2 rings (SSSR count). The molecule has 1 amide bonds. The molecule has 0 radical (unpaired) electrons. The summed E-state index contributed by atoms with van der Waals surface area (Å²) in [5.41, 5.74) is 1.71. The number of carboxylic acids is 1. The Kier molecular flexibility index (Phi) is 5.63. The van der Waals surface area contributed by atoms with Gasteiger partial charge in [-0.15, -0.1) is 0 Å². The Labute approximate surface area is 140 Å². The quantitative estimate of drug-likeness (QED) is 0.843. The molecule has 0 fully saturated rings. The number of amides is 1. The van der Waals surface area contributed by atoms with Crippen LogP contribution in [-0.2, 0) is 17.6 Å². The van der Waals surface area contributed by atoms with E-state index in [0.717, 1.165) is 24.2 Å². The number of anilines is 1. The Morgan fingerprint density at radius 1 is 1.17 bits per heavy atom. The standard InChI is InChI=1S/C18H21NO5/c1-4-12-10-16(24-15(12)5-2)18(22)19(3)13-6-8-14(9-7-13)23-11-17(20)21/h6-10H,4-5,11H2,1-3H3,(H,20,21). The number of ether oxygens (including phenoxy) is 1. The van der Waals surface area contributed by atoms with E-state index in [0.29, 0.717) is 17.2 Å². The molecule has 0 unspecified atom stereocenters. The van der Waals surface area contributed by atoms with Crippen molar-refractivity contribution in [2.24, 2.45) is 0 Å². The van der Waals surface area contributed by atoms with Crippen molar-refractivity contribution >= 4 is 17.6 Å². The average Bonchev–Trinajstić information content (AvgIpc) is 3.02. The summed E-state index contributed by atoms with van der Waals surface area (Å²) in [6.07, 6.45) is 1.56. The second-order valence-corrected chi connectivity index (χ2v) is 5.31. The van der Waals surface area contributed by atoms with Crippen molar-refractivity contribution in [1.82, 2.24) is 0 Å². The van der Waals surface area contributed by atoms with Crippen molar-refractivity contribution in [1.29, 1.82) is 0 Å². The highest BCUT2D eigenvalue weighted by Gasteiger charge is 2.19. The van der Waals surface area contributed by atoms with Gasteiger partial charge >= 0.3 is 5.97 Å². The molecule has 1 heterocycles. The Hall–Kier alpha value is -2.76. The summed E-state index contributed by atoms with van der Waals surface area (Å²) in [4.78, 5) is 24.5. The number of benzene rings is 1. The molecule has 0 spiro atoms. The number of furan rings is 1. The molecular weight excluding hydrogens is 310 g/mol. The minimum atomic E-state index is -1.04. The molecule has 0 aliphatic heterocycles. The van der Waals surface area contributed by atoms with Gasteiger partial charge in [0.2, 0.25) is 0 Å². The first-order valence-electron chi connectivity index (χ1n) is 7.80. The van der Waals surface area contributed by atoms with E-state index in [-0.39, 0.29) is 5.91 Å². The zero-order valence-corrected chi connectivity index (χ0v) is 14.0. The van der Waals surface area contributed by atoms with Crippen LogP contribution in [0.2, 0.25) is 0 Å². The third-order valence-electron chi connectivity index (χ3n) is 3.70. The minimum absolute atomic E-state index is 0.233. The van der Waals surface area contributed by atoms with E-state index in [1.807, 2.05) is 13.8 Å². The van der Waals surface area contributed by atoms with Gasteiger partial charge in [0.25, 0.3) is 5.91 Å². The van der Waals surface area contributed by atoms with E-state index in [9.17, 15) is 9.59 Å². The zero-order chi connectivity index (χ0) is 17.7. The van der Waals surface area contributed by atoms with Crippen LogP contribution in [0.1, 0.15) is 35.7 Å². The topological polar surface area (TPSA) is 80.0 Å². The lowest BCUT2D eigenvalue weighted by atomic mass is 10.1. The van der Waals surface area contributed by atoms with Gasteiger partial charge in [-0.2, -0.15) is 0 Å². The molecule has 128 valence electrons. The van der Waals surface area contributed by atoms with Gasteiger partial charge in [-0.25, -0.2) is 4.79 Å². The van der Waals surface area contributed by atoms with Crippen LogP contribution in [0, 0.1) is 0 Å². The van der Waals surface area contributed by atoms with Crippen LogP contribution in [0.4, 0.5) is 5.69 Å². The first-order chi connectivity index (χ1) is 11.5. The Morgan fingerprint density at radius 3 is 2.33 bits per heavy atom. The minimum Gasteiger partial charge on any atom is -0.482 e. The molecule has 1 aromatic heterocycles. The van der Waals surface area contributed by atoms with E-state index < -0.39 is 12.6 Å². The lowest BCUT2D eigenvalue weighted by molar-refractivity contribution is -0.139. The van der Waals surface area contributed by atoms with Gasteiger partial charge in [0, 0.05) is 19.2 Å². The molecule has 6 heteroatoms. The van der Waals surface area contributed by atoms with Gasteiger partial charge in [0.15, 0.2) is 12.4 Å². The number of aliphatic carboxylic acids is 1. The molecule has 0 atom stereocenters. The highest BCUT2D eigenvalue weighted by Crippen LogP contribution is 2.23. The highest BCUT2D eigenvalue weighted by molar-refractivity contribution is 6.04. The fraction of sp³-hybridized carbons (Fsp3) is 0.333. The highest BCUT2D eigenvalue weighted by atomic mass is 16.5. The van der Waals surface area contributed by atoms with Crippen molar-refractivity contribution in [2.75, 3.05) is 18.6 Å². The van der Waals surface area contributed by atoms with Crippen LogP contribution in [0.3, 0.4) is 0 Å². The lowest BCUT2D eigenvalue weighted by Crippen LogP contribution is -2.25. The SMILES string of the molecule is CCc1cc(C(=O)N(C)c2ccc(OCC(=O)O)cc2)oc1CC. The molecule has 1 N–H and O–H groups in total. The molecule has 0 saturated carbocycles. The summed E-state index contributed by atoms with van der Waals surface area (Å²) in [5.74, 6) is 0.317. The summed E-state index contributed by atoms with van der Waals surface area (Å²) >= 11 is 0. The number of hydrogen-bond donors (Lipinski definition) is 1. The van der Waals surface area contributed by atoms with Crippen LogP contribution in [0.25, 0.3) is 0 Å². The summed E-state index contributed by atoms with van der Waals surface area (Å²) in [7, 11) is 1.66. The number of carbonyl (C=O) groups excluding carboxylic acids is 1. The molecule has 0 aliphatic rings. The molecule has 1 aromatic carbocycles. The molecular formula is C18H21NO5. The maximum Gasteiger partial charge on any atom is 0.341 e. The van der Waals surface area contributed by atoms with Crippen molar-refractivity contribution in [3.63, 3.8) is 0 Å². The smallest absolute Gasteiger partial charge is 0.341 e. The summed E-state index contributed by atoms with van der Waals surface area (Å²) in [5, 5.41) is 8.59. The van der Waals surface area contributed by atoms with Gasteiger partial charge in [-0.1, -0.05) is 13.8 Å². The van der Waals surface area contributed by atoms with Gasteiger partial charge in [0.1, 0.15) is 11.5 Å². The Morgan fingerprint density at radius 2 is 1.83 bits per heavy atom. The summed E-state index contributed by atoms with van der Waals surface area (Å²) in [6.45, 7) is 3.61. The number of aryl methyl sites for hydroxylation is 2. The van der Waals surface area contributed by atoms with E-state index in [4.69, 9.17) is 14.3 Å². The number of rotatable bonds is 7. The third-order valence-corrected chi connectivity index (χ3v) is 3.70. The van der Waals surface area contributed by atoms with Crippen molar-refractivity contribution in [3.05, 3.63) is 47.4 Å². The number of carbonyl (C=O) groups is 2. The van der Waals surface area contributed by atoms with Crippen LogP contribution in [0.5, 0.6) is 5.75 Å². The predicted molar refractivity (Wildman–Crippen MR) is 89.8 cm³/mol. The van der Waals surface area contributed by atoms with Crippen molar-refractivity contribution in [3.8, 4) is 5.75 Å². The summed E-state index contributed by atoms with van der Waals surface area (Å²) in [6, 6.07) is 8.43. The average molecular weight is 331 g/mol. The Bertz CT molecular complexity index is 696. The van der Waals surface area contributed by atoms with Crippen LogP contribution in [-0.4, -0.2) is 30.6 Å². The lowest BCUT2D eigenvalue weighted by Gasteiger charge is -2.16. The largest absolute Gasteiger partial charge is 0.482 e. The second-order valence-electron chi connectivity index (χ2n) is 5.31. The second kappa shape index (κ2) is 7.68. The van der Waals surface area contributed by atoms with Crippen molar-refractivity contribution in [2.45, 2.75) is 26.7 Å². The zero-order valence-electron chi connectivity index (χ0n) is 14.0. The van der Waals surface area contributed by atoms with Crippen LogP contribution >= 0.6 is 0 Å². The maximum absolute atomic E-state index is 12.6. The molecule has 2 aromatic rings. The first kappa shape index (κ1) is 17.6. The molecule has 6 nitrogen and oxygen atoms in total. The predicted octanol–water partition coefficient (Wildman–Crippen LogP) is 3.14. The van der Waals surface area contributed by atoms with E-state index in [1.165, 1.54) is 4.90 Å². The van der Waals surface area contributed by atoms with E-state index in [1.54, 1.807) is 37.4 Å². The fourth-order valence-electron chi connectivity index (χ4n) is 2.36. The van der Waals surface area contributed by atoms with Crippen LogP contribution < -0.4 is 9.64 Å². The summed E-state index contributed by atoms with van der Waals surface area (Å²) < 4.78 is 10.7. The van der Waals surface area contributed by atoms with Crippen molar-refractivity contribution < 1.29 is 23.8 Å². The van der Waals surface area contributed by atoms with Crippen LogP contribution in [0.15, 0.2) is 34.7 Å². The monoisotopic (exact) mass is 331 g/mol.